The fraction of sp³-hybridized carbons (Fsp3) is 0.353. The molecule has 30 heavy (non-hydrogen) atoms. The van der Waals surface area contributed by atoms with Crippen LogP contribution in [0.15, 0.2) is 34.0 Å². The number of carbonyl (C=O) groups is 3. The highest BCUT2D eigenvalue weighted by atomic mass is 32.2. The molecule has 1 unspecified atom stereocenters. The molecule has 1 saturated heterocycles. The van der Waals surface area contributed by atoms with Crippen LogP contribution >= 0.6 is 23.1 Å². The number of aromatic nitrogens is 1. The van der Waals surface area contributed by atoms with Gasteiger partial charge in [0, 0.05) is 18.2 Å². The van der Waals surface area contributed by atoms with Gasteiger partial charge < -0.3 is 25.7 Å². The van der Waals surface area contributed by atoms with Crippen LogP contribution in [0.4, 0.5) is 5.13 Å². The lowest BCUT2D eigenvalue weighted by Gasteiger charge is -2.49. The number of rotatable bonds is 8. The Morgan fingerprint density at radius 2 is 2.27 bits per heavy atom. The van der Waals surface area contributed by atoms with Gasteiger partial charge in [0.25, 0.3) is 11.8 Å². The molecule has 0 radical (unpaired) electrons. The second-order valence-corrected chi connectivity index (χ2v) is 8.09. The molecule has 2 amide bonds. The number of carboxylic acids is 1. The van der Waals surface area contributed by atoms with E-state index >= 15 is 0 Å². The molecule has 13 heteroatoms. The molecule has 11 nitrogen and oxygen atoms in total. The second kappa shape index (κ2) is 9.28. The summed E-state index contributed by atoms with van der Waals surface area (Å²) in [6.07, 6.45) is 3.31. The molecule has 1 aromatic rings. The van der Waals surface area contributed by atoms with Crippen molar-refractivity contribution >= 4 is 51.7 Å². The van der Waals surface area contributed by atoms with E-state index in [-0.39, 0.29) is 22.2 Å². The Morgan fingerprint density at radius 3 is 2.87 bits per heavy atom. The number of β-lactam (4-membered cyclic amide) rings is 1. The third-order valence-corrected chi connectivity index (χ3v) is 6.21. The number of anilines is 1. The molecular weight excluding hydrogens is 434 g/mol. The number of nitrogen functional groups attached to an aromatic ring is 1. The number of hydrogen-bond acceptors (Lipinski definition) is 10. The van der Waals surface area contributed by atoms with Gasteiger partial charge in [-0.05, 0) is 5.57 Å². The van der Waals surface area contributed by atoms with Gasteiger partial charge in [-0.1, -0.05) is 17.3 Å². The highest BCUT2D eigenvalue weighted by molar-refractivity contribution is 8.00. The van der Waals surface area contributed by atoms with E-state index in [0.717, 1.165) is 11.3 Å². The summed E-state index contributed by atoms with van der Waals surface area (Å²) in [5.74, 6) is -2.04. The van der Waals surface area contributed by atoms with Crippen LogP contribution in [0.1, 0.15) is 5.69 Å². The molecule has 2 aliphatic heterocycles. The number of carbonyl (C=O) groups excluding carboxylic acids is 2. The van der Waals surface area contributed by atoms with Gasteiger partial charge in [-0.2, -0.15) is 0 Å². The first-order chi connectivity index (χ1) is 14.4. The average Bonchev–Trinajstić information content (AvgIpc) is 3.15. The van der Waals surface area contributed by atoms with Gasteiger partial charge in [-0.3, -0.25) is 14.5 Å². The molecule has 0 aliphatic carbocycles. The molecule has 0 saturated carbocycles. The Morgan fingerprint density at radius 1 is 1.50 bits per heavy atom. The monoisotopic (exact) mass is 453 g/mol. The largest absolute Gasteiger partial charge is 0.477 e. The fourth-order valence-electron chi connectivity index (χ4n) is 2.96. The number of carboxylic acid groups (broad SMARTS) is 1. The van der Waals surface area contributed by atoms with E-state index in [2.05, 4.69) is 15.5 Å². The lowest BCUT2D eigenvalue weighted by molar-refractivity contribution is -0.150. The quantitative estimate of drug-likeness (QED) is 0.280. The molecule has 160 valence electrons. The van der Waals surface area contributed by atoms with Crippen LogP contribution in [0.25, 0.3) is 0 Å². The van der Waals surface area contributed by atoms with Crippen molar-refractivity contribution in [2.75, 3.05) is 32.3 Å². The molecule has 2 aliphatic rings. The first kappa shape index (κ1) is 21.8. The van der Waals surface area contributed by atoms with Crippen LogP contribution in [0.5, 0.6) is 0 Å². The Kier molecular flexibility index (Phi) is 6.74. The van der Waals surface area contributed by atoms with Crippen LogP contribution in [-0.2, 0) is 24.0 Å². The minimum atomic E-state index is -1.21. The minimum absolute atomic E-state index is 0.0975. The van der Waals surface area contributed by atoms with E-state index in [4.69, 9.17) is 15.3 Å². The van der Waals surface area contributed by atoms with Gasteiger partial charge in [0.2, 0.25) is 0 Å². The highest BCUT2D eigenvalue weighted by Gasteiger charge is 2.54. The first-order valence-electron chi connectivity index (χ1n) is 8.59. The molecule has 1 aromatic heterocycles. The maximum atomic E-state index is 12.7. The van der Waals surface area contributed by atoms with Crippen LogP contribution in [-0.4, -0.2) is 76.5 Å². The summed E-state index contributed by atoms with van der Waals surface area (Å²) in [7, 11) is 2.80. The van der Waals surface area contributed by atoms with E-state index < -0.39 is 29.2 Å². The minimum Gasteiger partial charge on any atom is -0.477 e. The predicted octanol–water partition coefficient (Wildman–Crippen LogP) is 0.0170. The van der Waals surface area contributed by atoms with Crippen molar-refractivity contribution in [3.8, 4) is 0 Å². The standard InChI is InChI=1S/C17H19N5O6S2/c1-27-5-3-4-8-6-29-15-11(14(24)22(15)12(8)16(25)26)20-13(23)10(21-28-2)9-7-30-17(18)19-9/h3-4,7,11,15H,5-6H2,1-2H3,(H2,18,19)(H,20,23)(H,25,26)/b4-3-,21-10-/t11?,15-/m0/s1. The van der Waals surface area contributed by atoms with Crippen molar-refractivity contribution < 1.29 is 29.1 Å². The lowest BCUT2D eigenvalue weighted by Crippen LogP contribution is -2.71. The molecule has 0 bridgehead atoms. The maximum absolute atomic E-state index is 12.7. The number of ether oxygens (including phenoxy) is 1. The number of thiazole rings is 1. The number of oxime groups is 1. The van der Waals surface area contributed by atoms with E-state index in [1.54, 1.807) is 17.5 Å². The molecule has 3 rings (SSSR count). The number of fused-ring (bicyclic) bond motifs is 1. The zero-order chi connectivity index (χ0) is 21.8. The number of methoxy groups -OCH3 is 1. The van der Waals surface area contributed by atoms with Crippen molar-refractivity contribution in [2.24, 2.45) is 5.16 Å². The van der Waals surface area contributed by atoms with E-state index in [0.29, 0.717) is 17.9 Å². The molecule has 3 heterocycles. The van der Waals surface area contributed by atoms with Crippen molar-refractivity contribution in [3.63, 3.8) is 0 Å². The van der Waals surface area contributed by atoms with Crippen LogP contribution in [0.3, 0.4) is 0 Å². The molecule has 2 atom stereocenters. The normalized spacial score (nSPS) is 21.5. The number of amides is 2. The van der Waals surface area contributed by atoms with E-state index in [1.807, 2.05) is 0 Å². The van der Waals surface area contributed by atoms with Crippen LogP contribution in [0.2, 0.25) is 0 Å². The van der Waals surface area contributed by atoms with Gasteiger partial charge in [-0.15, -0.1) is 23.1 Å². The number of aliphatic carboxylic acids is 1. The van der Waals surface area contributed by atoms with Gasteiger partial charge in [0.1, 0.15) is 29.9 Å². The number of allylic oxidation sites excluding steroid dienone is 1. The second-order valence-electron chi connectivity index (χ2n) is 6.09. The van der Waals surface area contributed by atoms with Crippen molar-refractivity contribution in [1.29, 1.82) is 0 Å². The van der Waals surface area contributed by atoms with Gasteiger partial charge in [0.15, 0.2) is 10.8 Å². The maximum Gasteiger partial charge on any atom is 0.352 e. The highest BCUT2D eigenvalue weighted by Crippen LogP contribution is 2.40. The molecule has 1 fully saturated rings. The molecule has 4 N–H and O–H groups in total. The predicted molar refractivity (Wildman–Crippen MR) is 111 cm³/mol. The lowest BCUT2D eigenvalue weighted by atomic mass is 10.0. The smallest absolute Gasteiger partial charge is 0.352 e. The summed E-state index contributed by atoms with van der Waals surface area (Å²) in [6.45, 7) is 0.319. The topological polar surface area (TPSA) is 156 Å². The van der Waals surface area contributed by atoms with Crippen LogP contribution < -0.4 is 11.1 Å². The van der Waals surface area contributed by atoms with Crippen LogP contribution in [0, 0.1) is 0 Å². The zero-order valence-electron chi connectivity index (χ0n) is 16.0. The van der Waals surface area contributed by atoms with E-state index in [1.165, 1.54) is 30.9 Å². The summed E-state index contributed by atoms with van der Waals surface area (Å²) in [5, 5.41) is 17.1. The first-order valence-corrected chi connectivity index (χ1v) is 10.5. The van der Waals surface area contributed by atoms with E-state index in [9.17, 15) is 19.5 Å². The number of nitrogens with one attached hydrogen (secondary N) is 1. The Hall–Kier alpha value is -2.90. The number of nitrogens with zero attached hydrogens (tertiary/aromatic N) is 3. The molecular formula is C17H19N5O6S2. The van der Waals surface area contributed by atoms with Crippen molar-refractivity contribution in [3.05, 3.63) is 34.5 Å². The third kappa shape index (κ3) is 4.17. The number of thioether (sulfide) groups is 1. The summed E-state index contributed by atoms with van der Waals surface area (Å²) < 4.78 is 4.93. The van der Waals surface area contributed by atoms with Crippen molar-refractivity contribution in [1.82, 2.24) is 15.2 Å². The zero-order valence-corrected chi connectivity index (χ0v) is 17.7. The fourth-order valence-corrected chi connectivity index (χ4v) is 4.83. The molecule has 0 spiro atoms. The number of nitrogens with two attached hydrogens (primary N) is 1. The van der Waals surface area contributed by atoms with Gasteiger partial charge >= 0.3 is 5.97 Å². The van der Waals surface area contributed by atoms with Gasteiger partial charge in [-0.25, -0.2) is 9.78 Å². The summed E-state index contributed by atoms with van der Waals surface area (Å²) >= 11 is 2.48. The molecule has 0 aromatic carbocycles. The Balaban J connectivity index is 1.78. The Labute approximate surface area is 179 Å². The van der Waals surface area contributed by atoms with Crippen molar-refractivity contribution in [2.45, 2.75) is 11.4 Å². The summed E-state index contributed by atoms with van der Waals surface area (Å²) in [6, 6.07) is -0.903. The average molecular weight is 454 g/mol. The Bertz CT molecular complexity index is 956. The summed E-state index contributed by atoms with van der Waals surface area (Å²) in [4.78, 5) is 47.1. The SMILES string of the molecule is COC/C=C\C1=C(C(=O)O)N2C(=O)C(NC(=O)/C(=N\OC)c3csc(N)n3)[C@@H]2SC1. The third-order valence-electron chi connectivity index (χ3n) is 4.23. The summed E-state index contributed by atoms with van der Waals surface area (Å²) in [5.41, 5.74) is 6.09. The van der Waals surface area contributed by atoms with Gasteiger partial charge in [0.05, 0.1) is 6.61 Å². The number of hydrogen-bond donors (Lipinski definition) is 3.